The summed E-state index contributed by atoms with van der Waals surface area (Å²) in [7, 11) is 0. The largest absolute Gasteiger partial charge is 0.438 e. The Bertz CT molecular complexity index is 731. The maximum Gasteiger partial charge on any atom is 0.340 e. The van der Waals surface area contributed by atoms with Crippen molar-refractivity contribution in [3.05, 3.63) is 72.4 Å². The summed E-state index contributed by atoms with van der Waals surface area (Å²) in [4.78, 5) is 12.1. The molecule has 0 aliphatic carbocycles. The number of esters is 1. The Morgan fingerprint density at radius 3 is 2.50 bits per heavy atom. The van der Waals surface area contributed by atoms with Crippen LogP contribution < -0.4 is 0 Å². The number of benzene rings is 2. The van der Waals surface area contributed by atoms with Gasteiger partial charge in [0.05, 0.1) is 11.1 Å². The molecular weight excluding hydrogens is 250 g/mol. The summed E-state index contributed by atoms with van der Waals surface area (Å²) in [6, 6.07) is 19.1. The molecule has 20 heavy (non-hydrogen) atoms. The van der Waals surface area contributed by atoms with E-state index in [-0.39, 0.29) is 12.2 Å². The van der Waals surface area contributed by atoms with Gasteiger partial charge in [0, 0.05) is 6.20 Å². The van der Waals surface area contributed by atoms with Gasteiger partial charge in [0.2, 0.25) is 0 Å². The van der Waals surface area contributed by atoms with Crippen LogP contribution >= 0.6 is 0 Å². The van der Waals surface area contributed by atoms with Crippen molar-refractivity contribution in [2.75, 3.05) is 0 Å². The molecule has 3 heteroatoms. The molecule has 1 unspecified atom stereocenters. The highest BCUT2D eigenvalue weighted by atomic mass is 16.6. The van der Waals surface area contributed by atoms with Crippen LogP contribution in [0, 0.1) is 0 Å². The monoisotopic (exact) mass is 265 g/mol. The number of fused-ring (bicyclic) bond motifs is 1. The fourth-order valence-electron chi connectivity index (χ4n) is 2.28. The molecule has 1 atom stereocenters. The first kappa shape index (κ1) is 12.5. The van der Waals surface area contributed by atoms with Crippen LogP contribution in [0.3, 0.4) is 0 Å². The zero-order valence-electron chi connectivity index (χ0n) is 11.2. The van der Waals surface area contributed by atoms with E-state index in [1.54, 1.807) is 12.1 Å². The van der Waals surface area contributed by atoms with Crippen molar-refractivity contribution >= 4 is 16.9 Å². The van der Waals surface area contributed by atoms with Gasteiger partial charge in [0.1, 0.15) is 0 Å². The van der Waals surface area contributed by atoms with Crippen LogP contribution in [0.15, 0.2) is 66.9 Å². The van der Waals surface area contributed by atoms with Crippen LogP contribution in [-0.4, -0.2) is 10.5 Å². The Labute approximate surface area is 117 Å². The van der Waals surface area contributed by atoms with Crippen LogP contribution in [0.2, 0.25) is 0 Å². The third kappa shape index (κ3) is 2.30. The van der Waals surface area contributed by atoms with Crippen molar-refractivity contribution in [1.29, 1.82) is 0 Å². The number of ether oxygens (including phenoxy) is 1. The highest BCUT2D eigenvalue weighted by Crippen LogP contribution is 2.21. The number of carbonyl (C=O) groups excluding carboxylic acids is 1. The van der Waals surface area contributed by atoms with E-state index in [1.807, 2.05) is 66.2 Å². The first-order valence-electron chi connectivity index (χ1n) is 6.57. The highest BCUT2D eigenvalue weighted by molar-refractivity contribution is 5.89. The summed E-state index contributed by atoms with van der Waals surface area (Å²) in [6.45, 7) is 1.87. The average molecular weight is 265 g/mol. The van der Waals surface area contributed by atoms with Gasteiger partial charge in [-0.3, -0.25) is 0 Å². The molecule has 0 saturated carbocycles. The zero-order chi connectivity index (χ0) is 13.9. The van der Waals surface area contributed by atoms with Gasteiger partial charge in [-0.05, 0) is 36.6 Å². The Balaban J connectivity index is 1.83. The van der Waals surface area contributed by atoms with Crippen molar-refractivity contribution in [3.63, 3.8) is 0 Å². The molecule has 100 valence electrons. The topological polar surface area (TPSA) is 31.2 Å². The molecule has 0 N–H and O–H groups in total. The first-order chi connectivity index (χ1) is 9.75. The molecule has 1 heterocycles. The minimum absolute atomic E-state index is 0.309. The summed E-state index contributed by atoms with van der Waals surface area (Å²) >= 11 is 0. The predicted molar refractivity (Wildman–Crippen MR) is 78.5 cm³/mol. The van der Waals surface area contributed by atoms with E-state index in [0.717, 1.165) is 10.9 Å². The number of carbonyl (C=O) groups is 1. The molecule has 0 bridgehead atoms. The molecule has 1 aromatic heterocycles. The number of nitrogens with zero attached hydrogens (tertiary/aromatic N) is 1. The van der Waals surface area contributed by atoms with Crippen molar-refractivity contribution in [2.24, 2.45) is 0 Å². The normalized spacial score (nSPS) is 12.2. The highest BCUT2D eigenvalue weighted by Gasteiger charge is 2.14. The van der Waals surface area contributed by atoms with Gasteiger partial charge < -0.3 is 9.30 Å². The molecule has 0 aliphatic heterocycles. The van der Waals surface area contributed by atoms with Gasteiger partial charge in [0.15, 0.2) is 6.23 Å². The van der Waals surface area contributed by atoms with Crippen molar-refractivity contribution in [1.82, 2.24) is 4.57 Å². The molecule has 3 rings (SSSR count). The number of aromatic nitrogens is 1. The van der Waals surface area contributed by atoms with Crippen molar-refractivity contribution in [2.45, 2.75) is 13.2 Å². The van der Waals surface area contributed by atoms with E-state index in [2.05, 4.69) is 0 Å². The van der Waals surface area contributed by atoms with Crippen LogP contribution in [0.25, 0.3) is 10.9 Å². The minimum Gasteiger partial charge on any atom is -0.438 e. The molecule has 0 aliphatic rings. The summed E-state index contributed by atoms with van der Waals surface area (Å²) < 4.78 is 7.47. The molecule has 0 amide bonds. The third-order valence-electron chi connectivity index (χ3n) is 3.31. The van der Waals surface area contributed by atoms with Crippen molar-refractivity contribution in [3.8, 4) is 0 Å². The molecule has 0 spiro atoms. The first-order valence-corrected chi connectivity index (χ1v) is 6.57. The third-order valence-corrected chi connectivity index (χ3v) is 3.31. The summed E-state index contributed by atoms with van der Waals surface area (Å²) in [5, 5.41) is 1.13. The number of hydrogen-bond donors (Lipinski definition) is 0. The fourth-order valence-corrected chi connectivity index (χ4v) is 2.28. The molecule has 3 aromatic rings. The van der Waals surface area contributed by atoms with E-state index < -0.39 is 0 Å². The predicted octanol–water partition coefficient (Wildman–Crippen LogP) is 4.02. The average Bonchev–Trinajstić information content (AvgIpc) is 2.92. The molecule has 0 radical (unpaired) electrons. The van der Waals surface area contributed by atoms with Gasteiger partial charge in [-0.2, -0.15) is 0 Å². The Morgan fingerprint density at radius 2 is 1.70 bits per heavy atom. The van der Waals surface area contributed by atoms with Gasteiger partial charge in [-0.1, -0.05) is 36.4 Å². The molecular formula is C17H15NO2. The summed E-state index contributed by atoms with van der Waals surface area (Å²) in [5.41, 5.74) is 1.62. The quantitative estimate of drug-likeness (QED) is 0.670. The van der Waals surface area contributed by atoms with Crippen LogP contribution in [-0.2, 0) is 4.74 Å². The van der Waals surface area contributed by atoms with Crippen LogP contribution in [0.4, 0.5) is 0 Å². The van der Waals surface area contributed by atoms with E-state index in [1.165, 1.54) is 0 Å². The second-order valence-electron chi connectivity index (χ2n) is 4.65. The Kier molecular flexibility index (Phi) is 3.25. The van der Waals surface area contributed by atoms with Crippen LogP contribution in [0.5, 0.6) is 0 Å². The molecule has 0 fully saturated rings. The Morgan fingerprint density at radius 1 is 1.00 bits per heavy atom. The Hall–Kier alpha value is -2.55. The number of para-hydroxylation sites is 1. The smallest absolute Gasteiger partial charge is 0.340 e. The lowest BCUT2D eigenvalue weighted by Crippen LogP contribution is -2.14. The minimum atomic E-state index is -0.345. The zero-order valence-corrected chi connectivity index (χ0v) is 11.2. The number of rotatable bonds is 3. The fraction of sp³-hybridized carbons (Fsp3) is 0.118. The molecule has 2 aromatic carbocycles. The van der Waals surface area contributed by atoms with Crippen LogP contribution in [0.1, 0.15) is 23.5 Å². The van der Waals surface area contributed by atoms with Gasteiger partial charge in [-0.25, -0.2) is 4.79 Å². The lowest BCUT2D eigenvalue weighted by atomic mass is 10.2. The SMILES string of the molecule is CC(OC(=O)c1ccccc1)n1ccc2ccccc21. The lowest BCUT2D eigenvalue weighted by Gasteiger charge is -2.16. The standard InChI is InChI=1S/C17H15NO2/c1-13(20-17(19)15-8-3-2-4-9-15)18-12-11-14-7-5-6-10-16(14)18/h2-13H,1H3. The van der Waals surface area contributed by atoms with E-state index in [4.69, 9.17) is 4.74 Å². The maximum atomic E-state index is 12.1. The molecule has 3 nitrogen and oxygen atoms in total. The van der Waals surface area contributed by atoms with E-state index in [9.17, 15) is 4.79 Å². The number of hydrogen-bond acceptors (Lipinski definition) is 2. The summed E-state index contributed by atoms with van der Waals surface area (Å²) in [6.07, 6.45) is 1.59. The van der Waals surface area contributed by atoms with Gasteiger partial charge in [-0.15, -0.1) is 0 Å². The van der Waals surface area contributed by atoms with Gasteiger partial charge in [0.25, 0.3) is 0 Å². The summed E-state index contributed by atoms with van der Waals surface area (Å²) in [5.74, 6) is -0.309. The van der Waals surface area contributed by atoms with E-state index in [0.29, 0.717) is 5.56 Å². The lowest BCUT2D eigenvalue weighted by molar-refractivity contribution is 0.0171. The second kappa shape index (κ2) is 5.21. The maximum absolute atomic E-state index is 12.1. The van der Waals surface area contributed by atoms with E-state index >= 15 is 0 Å². The molecule has 0 saturated heterocycles. The van der Waals surface area contributed by atoms with Gasteiger partial charge >= 0.3 is 5.97 Å². The van der Waals surface area contributed by atoms with Crippen molar-refractivity contribution < 1.29 is 9.53 Å². The second-order valence-corrected chi connectivity index (χ2v) is 4.65.